The van der Waals surface area contributed by atoms with E-state index in [2.05, 4.69) is 67.7 Å². The van der Waals surface area contributed by atoms with E-state index in [-0.39, 0.29) is 36.1 Å². The normalized spacial score (nSPS) is 26.3. The molecule has 44 heavy (non-hydrogen) atoms. The van der Waals surface area contributed by atoms with Crippen LogP contribution in [0.2, 0.25) is 36.3 Å². The van der Waals surface area contributed by atoms with Crippen molar-refractivity contribution in [2.45, 2.75) is 121 Å². The quantitative estimate of drug-likeness (QED) is 0.171. The van der Waals surface area contributed by atoms with Crippen molar-refractivity contribution in [2.75, 3.05) is 12.8 Å². The minimum atomic E-state index is -3.89. The van der Waals surface area contributed by atoms with E-state index < -0.39 is 54.4 Å². The lowest BCUT2D eigenvalue weighted by molar-refractivity contribution is -0.205. The van der Waals surface area contributed by atoms with E-state index in [0.717, 1.165) is 11.1 Å². The second kappa shape index (κ2) is 13.1. The number of hydrogen-bond donors (Lipinski definition) is 1. The number of rotatable bonds is 13. The third-order valence-electron chi connectivity index (χ3n) is 9.71. The van der Waals surface area contributed by atoms with Crippen molar-refractivity contribution in [1.29, 1.82) is 0 Å². The van der Waals surface area contributed by atoms with Crippen LogP contribution in [0.1, 0.15) is 52.7 Å². The fraction of sp³-hybridized carbons (Fsp3) is 0.636. The number of fused-ring (bicyclic) bond motifs is 2. The largest absolute Gasteiger partial charge is 0.408 e. The Balaban J connectivity index is 1.74. The second-order valence-electron chi connectivity index (χ2n) is 15.2. The fourth-order valence-corrected chi connectivity index (χ4v) is 9.40. The highest BCUT2D eigenvalue weighted by Crippen LogP contribution is 2.59. The van der Waals surface area contributed by atoms with E-state index in [9.17, 15) is 9.67 Å². The first-order chi connectivity index (χ1) is 20.3. The molecule has 0 aliphatic carbocycles. The molecule has 2 aliphatic rings. The molecule has 2 aromatic carbocycles. The molecule has 0 amide bonds. The highest BCUT2D eigenvalue weighted by molar-refractivity contribution is 7.53. The molecule has 0 radical (unpaired) electrons. The van der Waals surface area contributed by atoms with Crippen LogP contribution in [0.4, 0.5) is 0 Å². The smallest absolute Gasteiger partial charge is 0.336 e. The molecule has 2 saturated heterocycles. The van der Waals surface area contributed by atoms with Gasteiger partial charge in [-0.15, -0.1) is 0 Å². The molecular formula is C33H53O8PSi2. The van der Waals surface area contributed by atoms with Crippen molar-refractivity contribution in [3.8, 4) is 0 Å². The molecule has 0 spiro atoms. The summed E-state index contributed by atoms with van der Waals surface area (Å²) < 4.78 is 54.5. The van der Waals surface area contributed by atoms with E-state index in [1.807, 2.05) is 60.7 Å². The van der Waals surface area contributed by atoms with Crippen LogP contribution in [0.3, 0.4) is 0 Å². The van der Waals surface area contributed by atoms with E-state index >= 15 is 0 Å². The Morgan fingerprint density at radius 2 is 1.23 bits per heavy atom. The number of aliphatic hydroxyl groups is 1. The van der Waals surface area contributed by atoms with Crippen molar-refractivity contribution in [1.82, 2.24) is 0 Å². The molecule has 1 unspecified atom stereocenters. The molecule has 2 bridgehead atoms. The summed E-state index contributed by atoms with van der Waals surface area (Å²) in [6, 6.07) is 19.2. The Labute approximate surface area is 266 Å². The van der Waals surface area contributed by atoms with Gasteiger partial charge in [0.25, 0.3) is 0 Å². The van der Waals surface area contributed by atoms with Crippen LogP contribution in [0, 0.1) is 0 Å². The topological polar surface area (TPSA) is 92.7 Å². The maximum atomic E-state index is 14.8. The molecular weight excluding hydrogens is 612 g/mol. The van der Waals surface area contributed by atoms with E-state index in [4.69, 9.17) is 27.4 Å². The number of benzene rings is 2. The van der Waals surface area contributed by atoms with Gasteiger partial charge in [0.2, 0.25) is 5.79 Å². The maximum Gasteiger partial charge on any atom is 0.336 e. The molecule has 5 atom stereocenters. The number of hydrogen-bond acceptors (Lipinski definition) is 8. The first-order valence-corrected chi connectivity index (χ1v) is 23.1. The van der Waals surface area contributed by atoms with Crippen LogP contribution in [0.5, 0.6) is 0 Å². The van der Waals surface area contributed by atoms with Gasteiger partial charge in [0, 0.05) is 0 Å². The summed E-state index contributed by atoms with van der Waals surface area (Å²) in [4.78, 5) is 0. The minimum Gasteiger partial charge on any atom is -0.408 e. The lowest BCUT2D eigenvalue weighted by Gasteiger charge is -2.48. The van der Waals surface area contributed by atoms with Crippen molar-refractivity contribution in [2.24, 2.45) is 0 Å². The van der Waals surface area contributed by atoms with Gasteiger partial charge in [0.1, 0.15) is 30.6 Å². The van der Waals surface area contributed by atoms with Crippen LogP contribution >= 0.6 is 7.60 Å². The molecule has 2 fully saturated rings. The Bertz CT molecular complexity index is 1230. The van der Waals surface area contributed by atoms with Gasteiger partial charge in [-0.25, -0.2) is 0 Å². The van der Waals surface area contributed by atoms with Gasteiger partial charge in [-0.3, -0.25) is 4.57 Å². The third kappa shape index (κ3) is 7.85. The standard InChI is InChI=1S/C33H53O8PSi2/c1-31(2,3)43(7,8)40-29-28-27(21-34)38-33(39-28,30(29)41-44(9,10)32(4,5)6)24-42(35,36-22-25-17-13-11-14-18-25)37-23-26-19-15-12-16-20-26/h11-20,27-30,34H,21-24H2,1-10H3/t27-,28+,29+,30-,33?/m1/s1. The second-order valence-corrected chi connectivity index (χ2v) is 26.7. The Morgan fingerprint density at radius 1 is 0.773 bits per heavy atom. The zero-order chi connectivity index (χ0) is 32.6. The zero-order valence-corrected chi connectivity index (χ0v) is 31.1. The fourth-order valence-electron chi connectivity index (χ4n) is 4.99. The monoisotopic (exact) mass is 664 g/mol. The Hall–Kier alpha value is -1.18. The highest BCUT2D eigenvalue weighted by atomic mass is 31.2. The molecule has 4 rings (SSSR count). The van der Waals surface area contributed by atoms with E-state index in [0.29, 0.717) is 0 Å². The molecule has 0 saturated carbocycles. The Kier molecular flexibility index (Phi) is 10.7. The molecule has 2 heterocycles. The predicted octanol–water partition coefficient (Wildman–Crippen LogP) is 7.88. The molecule has 8 nitrogen and oxygen atoms in total. The molecule has 1 N–H and O–H groups in total. The summed E-state index contributed by atoms with van der Waals surface area (Å²) >= 11 is 0. The van der Waals surface area contributed by atoms with Crippen molar-refractivity contribution < 1.29 is 37.0 Å². The molecule has 11 heteroatoms. The molecule has 0 aromatic heterocycles. The van der Waals surface area contributed by atoms with Gasteiger partial charge in [-0.05, 0) is 47.4 Å². The van der Waals surface area contributed by atoms with Crippen molar-refractivity contribution in [3.05, 3.63) is 71.8 Å². The van der Waals surface area contributed by atoms with E-state index in [1.54, 1.807) is 0 Å². The van der Waals surface area contributed by atoms with Gasteiger partial charge < -0.3 is 32.5 Å². The third-order valence-corrected chi connectivity index (χ3v) is 20.5. The van der Waals surface area contributed by atoms with Crippen LogP contribution < -0.4 is 0 Å². The van der Waals surface area contributed by atoms with Gasteiger partial charge in [-0.1, -0.05) is 102 Å². The predicted molar refractivity (Wildman–Crippen MR) is 179 cm³/mol. The number of ether oxygens (including phenoxy) is 2. The summed E-state index contributed by atoms with van der Waals surface area (Å²) in [5.41, 5.74) is 1.74. The van der Waals surface area contributed by atoms with Gasteiger partial charge in [0.15, 0.2) is 16.6 Å². The van der Waals surface area contributed by atoms with Gasteiger partial charge in [0.05, 0.1) is 19.8 Å². The lowest BCUT2D eigenvalue weighted by Crippen LogP contribution is -2.62. The van der Waals surface area contributed by atoms with Crippen LogP contribution in [-0.2, 0) is 45.2 Å². The lowest BCUT2D eigenvalue weighted by atomic mass is 9.99. The molecule has 2 aliphatic heterocycles. The average Bonchev–Trinajstić information content (AvgIpc) is 3.43. The van der Waals surface area contributed by atoms with Gasteiger partial charge in [-0.2, -0.15) is 0 Å². The summed E-state index contributed by atoms with van der Waals surface area (Å²) in [6.07, 6.45) is -2.68. The SMILES string of the molecule is CC(C)(C)[Si](C)(C)O[C@H]1[C@H]2OC(CP(=O)(OCc3ccccc3)OCc3ccccc3)(O[C@@H]2CO)[C@@H]1O[Si](C)(C)C(C)(C)C. The van der Waals surface area contributed by atoms with E-state index in [1.165, 1.54) is 0 Å². The summed E-state index contributed by atoms with van der Waals surface area (Å²) in [5.74, 6) is -1.50. The number of aliphatic hydroxyl groups excluding tert-OH is 1. The van der Waals surface area contributed by atoms with Gasteiger partial charge >= 0.3 is 7.60 Å². The van der Waals surface area contributed by atoms with Crippen LogP contribution in [-0.4, -0.2) is 64.7 Å². The first kappa shape index (κ1) is 35.7. The van der Waals surface area contributed by atoms with Crippen LogP contribution in [0.25, 0.3) is 0 Å². The average molecular weight is 665 g/mol. The highest BCUT2D eigenvalue weighted by Gasteiger charge is 2.70. The first-order valence-electron chi connectivity index (χ1n) is 15.6. The molecule has 2 aromatic rings. The van der Waals surface area contributed by atoms with Crippen molar-refractivity contribution in [3.63, 3.8) is 0 Å². The van der Waals surface area contributed by atoms with Crippen LogP contribution in [0.15, 0.2) is 60.7 Å². The summed E-state index contributed by atoms with van der Waals surface area (Å²) in [6.45, 7) is 21.8. The maximum absolute atomic E-state index is 14.8. The summed E-state index contributed by atoms with van der Waals surface area (Å²) in [5, 5.41) is 10.2. The molecule has 246 valence electrons. The minimum absolute atomic E-state index is 0.0774. The zero-order valence-electron chi connectivity index (χ0n) is 28.2. The van der Waals surface area contributed by atoms with Crippen molar-refractivity contribution >= 4 is 24.2 Å². The Morgan fingerprint density at radius 3 is 1.66 bits per heavy atom. The summed E-state index contributed by atoms with van der Waals surface area (Å²) in [7, 11) is -8.65.